The molecule has 17 heavy (non-hydrogen) atoms. The van der Waals surface area contributed by atoms with Gasteiger partial charge < -0.3 is 4.74 Å². The standard InChI is InChI=1S/C13H8F3O/c14-13(15,16)17-12-9-5-4-8-11(12)10-6-2-1-3-7-10/h2-9H. The van der Waals surface area contributed by atoms with Crippen molar-refractivity contribution in [2.24, 2.45) is 0 Å². The second-order valence-electron chi connectivity index (χ2n) is 3.33. The van der Waals surface area contributed by atoms with Crippen molar-refractivity contribution < 1.29 is 17.9 Å². The largest absolute Gasteiger partial charge is 0.573 e. The molecule has 0 aliphatic heterocycles. The molecular weight excluding hydrogens is 229 g/mol. The molecule has 0 N–H and O–H groups in total. The summed E-state index contributed by atoms with van der Waals surface area (Å²) in [6.07, 6.45) is -4.68. The van der Waals surface area contributed by atoms with Crippen LogP contribution < -0.4 is 4.74 Å². The smallest absolute Gasteiger partial charge is 0.405 e. The van der Waals surface area contributed by atoms with Crippen LogP contribution in [0, 0.1) is 6.07 Å². The van der Waals surface area contributed by atoms with Gasteiger partial charge in [-0.25, -0.2) is 0 Å². The van der Waals surface area contributed by atoms with Crippen molar-refractivity contribution in [2.45, 2.75) is 6.36 Å². The predicted octanol–water partition coefficient (Wildman–Crippen LogP) is 4.05. The van der Waals surface area contributed by atoms with Crippen molar-refractivity contribution >= 4 is 0 Å². The summed E-state index contributed by atoms with van der Waals surface area (Å²) >= 11 is 0. The van der Waals surface area contributed by atoms with Crippen LogP contribution in [0.2, 0.25) is 0 Å². The summed E-state index contributed by atoms with van der Waals surface area (Å²) in [6.45, 7) is 0. The van der Waals surface area contributed by atoms with Gasteiger partial charge in [0.15, 0.2) is 0 Å². The Morgan fingerprint density at radius 2 is 1.59 bits per heavy atom. The van der Waals surface area contributed by atoms with Gasteiger partial charge in [-0.1, -0.05) is 42.5 Å². The fourth-order valence-corrected chi connectivity index (χ4v) is 1.49. The van der Waals surface area contributed by atoms with E-state index >= 15 is 0 Å². The average molecular weight is 237 g/mol. The molecule has 1 nitrogen and oxygen atoms in total. The Bertz CT molecular complexity index is 492. The van der Waals surface area contributed by atoms with E-state index in [0.717, 1.165) is 0 Å². The van der Waals surface area contributed by atoms with Crippen LogP contribution in [-0.4, -0.2) is 6.36 Å². The molecule has 0 saturated heterocycles. The summed E-state index contributed by atoms with van der Waals surface area (Å²) < 4.78 is 40.6. The Morgan fingerprint density at radius 1 is 0.941 bits per heavy atom. The van der Waals surface area contributed by atoms with Gasteiger partial charge in [0, 0.05) is 5.56 Å². The maximum absolute atomic E-state index is 12.2. The Balaban J connectivity index is 2.41. The molecule has 4 heteroatoms. The third-order valence-corrected chi connectivity index (χ3v) is 2.14. The zero-order valence-corrected chi connectivity index (χ0v) is 8.66. The number of rotatable bonds is 2. The van der Waals surface area contributed by atoms with E-state index in [1.807, 2.05) is 0 Å². The van der Waals surface area contributed by atoms with E-state index in [4.69, 9.17) is 0 Å². The topological polar surface area (TPSA) is 9.23 Å². The number of hydrogen-bond acceptors (Lipinski definition) is 1. The first-order valence-corrected chi connectivity index (χ1v) is 4.87. The lowest BCUT2D eigenvalue weighted by atomic mass is 10.1. The number of para-hydroxylation sites is 1. The molecule has 0 amide bonds. The first-order chi connectivity index (χ1) is 8.06. The summed E-state index contributed by atoms with van der Waals surface area (Å²) in [5.41, 5.74) is 1.06. The lowest BCUT2D eigenvalue weighted by molar-refractivity contribution is -0.274. The van der Waals surface area contributed by atoms with Crippen LogP contribution in [0.4, 0.5) is 13.2 Å². The van der Waals surface area contributed by atoms with E-state index in [1.165, 1.54) is 12.1 Å². The summed E-state index contributed by atoms with van der Waals surface area (Å²) in [6, 6.07) is 15.5. The zero-order valence-electron chi connectivity index (χ0n) is 8.66. The number of alkyl halides is 3. The summed E-state index contributed by atoms with van der Waals surface area (Å²) in [4.78, 5) is 0. The molecule has 0 bridgehead atoms. The highest BCUT2D eigenvalue weighted by atomic mass is 19.4. The minimum absolute atomic E-state index is 0.203. The van der Waals surface area contributed by atoms with Gasteiger partial charge in [0.1, 0.15) is 5.75 Å². The van der Waals surface area contributed by atoms with Crippen LogP contribution in [0.1, 0.15) is 0 Å². The van der Waals surface area contributed by atoms with Crippen molar-refractivity contribution in [1.82, 2.24) is 0 Å². The second kappa shape index (κ2) is 4.49. The molecule has 0 aromatic heterocycles. The minimum atomic E-state index is -4.68. The van der Waals surface area contributed by atoms with E-state index in [2.05, 4.69) is 10.8 Å². The Morgan fingerprint density at radius 3 is 2.24 bits per heavy atom. The van der Waals surface area contributed by atoms with E-state index in [9.17, 15) is 13.2 Å². The van der Waals surface area contributed by atoms with Gasteiger partial charge in [0.2, 0.25) is 0 Å². The first kappa shape index (κ1) is 11.5. The van der Waals surface area contributed by atoms with Gasteiger partial charge in [-0.2, -0.15) is 0 Å². The number of benzene rings is 2. The van der Waals surface area contributed by atoms with Gasteiger partial charge in [-0.3, -0.25) is 0 Å². The summed E-state index contributed by atoms with van der Waals surface area (Å²) in [5, 5.41) is 0. The molecule has 0 aliphatic rings. The van der Waals surface area contributed by atoms with Gasteiger partial charge in [0.25, 0.3) is 0 Å². The quantitative estimate of drug-likeness (QED) is 0.765. The molecule has 0 unspecified atom stereocenters. The molecule has 87 valence electrons. The van der Waals surface area contributed by atoms with Crippen LogP contribution >= 0.6 is 0 Å². The fraction of sp³-hybridized carbons (Fsp3) is 0.0769. The zero-order chi connectivity index (χ0) is 12.3. The Kier molecular flexibility index (Phi) is 3.04. The minimum Gasteiger partial charge on any atom is -0.405 e. The first-order valence-electron chi connectivity index (χ1n) is 4.87. The molecule has 0 saturated carbocycles. The Hall–Kier alpha value is -1.97. The van der Waals surface area contributed by atoms with E-state index in [1.54, 1.807) is 36.4 Å². The third kappa shape index (κ3) is 3.00. The number of ether oxygens (including phenoxy) is 1. The van der Waals surface area contributed by atoms with Crippen LogP contribution in [-0.2, 0) is 0 Å². The highest BCUT2D eigenvalue weighted by Crippen LogP contribution is 2.33. The fourth-order valence-electron chi connectivity index (χ4n) is 1.49. The average Bonchev–Trinajstić information content (AvgIpc) is 2.29. The summed E-state index contributed by atoms with van der Waals surface area (Å²) in [7, 11) is 0. The van der Waals surface area contributed by atoms with Crippen molar-refractivity contribution in [1.29, 1.82) is 0 Å². The molecule has 2 rings (SSSR count). The second-order valence-corrected chi connectivity index (χ2v) is 3.33. The molecule has 1 radical (unpaired) electrons. The SMILES string of the molecule is FC(F)(F)Oc1ccccc1-c1cc[c]cc1. The number of halogens is 3. The Labute approximate surface area is 96.5 Å². The molecule has 0 aliphatic carbocycles. The van der Waals surface area contributed by atoms with Crippen molar-refractivity contribution in [2.75, 3.05) is 0 Å². The molecule has 2 aromatic carbocycles. The van der Waals surface area contributed by atoms with Gasteiger partial charge in [-0.15, -0.1) is 13.2 Å². The monoisotopic (exact) mass is 237 g/mol. The predicted molar refractivity (Wildman–Crippen MR) is 57.4 cm³/mol. The van der Waals surface area contributed by atoms with Crippen molar-refractivity contribution in [3.8, 4) is 16.9 Å². The molecule has 0 fully saturated rings. The van der Waals surface area contributed by atoms with Crippen LogP contribution in [0.25, 0.3) is 11.1 Å². The van der Waals surface area contributed by atoms with Crippen LogP contribution in [0.3, 0.4) is 0 Å². The molecular formula is C13H8F3O. The van der Waals surface area contributed by atoms with Crippen molar-refractivity contribution in [3.05, 3.63) is 54.6 Å². The maximum Gasteiger partial charge on any atom is 0.573 e. The van der Waals surface area contributed by atoms with Gasteiger partial charge in [-0.05, 0) is 17.7 Å². The number of hydrogen-bond donors (Lipinski definition) is 0. The summed E-state index contributed by atoms with van der Waals surface area (Å²) in [5.74, 6) is -0.203. The molecule has 0 heterocycles. The maximum atomic E-state index is 12.2. The van der Waals surface area contributed by atoms with Crippen LogP contribution in [0.5, 0.6) is 5.75 Å². The van der Waals surface area contributed by atoms with Crippen molar-refractivity contribution in [3.63, 3.8) is 0 Å². The van der Waals surface area contributed by atoms with E-state index in [0.29, 0.717) is 11.1 Å². The van der Waals surface area contributed by atoms with Gasteiger partial charge >= 0.3 is 6.36 Å². The third-order valence-electron chi connectivity index (χ3n) is 2.14. The lowest BCUT2D eigenvalue weighted by Crippen LogP contribution is -2.17. The van der Waals surface area contributed by atoms with E-state index < -0.39 is 6.36 Å². The van der Waals surface area contributed by atoms with Gasteiger partial charge in [0.05, 0.1) is 0 Å². The lowest BCUT2D eigenvalue weighted by Gasteiger charge is -2.12. The molecule has 0 spiro atoms. The molecule has 2 aromatic rings. The normalized spacial score (nSPS) is 11.2. The molecule has 0 atom stereocenters. The van der Waals surface area contributed by atoms with E-state index in [-0.39, 0.29) is 5.75 Å². The highest BCUT2D eigenvalue weighted by molar-refractivity contribution is 5.70. The van der Waals surface area contributed by atoms with Crippen LogP contribution in [0.15, 0.2) is 48.5 Å². The highest BCUT2D eigenvalue weighted by Gasteiger charge is 2.32.